The van der Waals surface area contributed by atoms with Gasteiger partial charge < -0.3 is 20.1 Å². The summed E-state index contributed by atoms with van der Waals surface area (Å²) in [5.74, 6) is 0.0785. The Morgan fingerprint density at radius 3 is 2.68 bits per heavy atom. The average Bonchev–Trinajstić information content (AvgIpc) is 2.91. The molecule has 3 heterocycles. The lowest BCUT2D eigenvalue weighted by molar-refractivity contribution is 0.122. The van der Waals surface area contributed by atoms with Crippen LogP contribution in [-0.2, 0) is 11.2 Å². The van der Waals surface area contributed by atoms with Crippen molar-refractivity contribution >= 4 is 41.0 Å². The van der Waals surface area contributed by atoms with Gasteiger partial charge in [-0.15, -0.1) is 0 Å². The van der Waals surface area contributed by atoms with Gasteiger partial charge in [-0.1, -0.05) is 23.7 Å². The minimum Gasteiger partial charge on any atom is -0.508 e. The second kappa shape index (κ2) is 11.8. The van der Waals surface area contributed by atoms with Crippen LogP contribution < -0.4 is 15.6 Å². The van der Waals surface area contributed by atoms with Crippen LogP contribution in [0.15, 0.2) is 72.1 Å². The molecule has 5 rings (SSSR count). The number of hydrogen-bond acceptors (Lipinski definition) is 9. The van der Waals surface area contributed by atoms with E-state index in [0.717, 1.165) is 28.7 Å². The summed E-state index contributed by atoms with van der Waals surface area (Å²) >= 11 is 6.05. The number of ether oxygens (including phenoxy) is 1. The first-order valence-corrected chi connectivity index (χ1v) is 12.3. The van der Waals surface area contributed by atoms with E-state index < -0.39 is 5.82 Å². The SMILES string of the molecule is Oc1cc(Cl)cc(Cc2cccc(Nc3ccc(/C=N/Nc4ncc(F)c(N5CCOCC5)n4)nc3)c2)c1. The fraction of sp³-hybridized carbons (Fsp3) is 0.185. The molecule has 3 N–H and O–H groups in total. The van der Waals surface area contributed by atoms with Crippen LogP contribution in [-0.4, -0.2) is 52.6 Å². The molecule has 1 fully saturated rings. The van der Waals surface area contributed by atoms with Crippen molar-refractivity contribution < 1.29 is 14.2 Å². The number of phenols is 1. The van der Waals surface area contributed by atoms with Gasteiger partial charge in [-0.05, 0) is 60.0 Å². The Morgan fingerprint density at radius 1 is 1.03 bits per heavy atom. The molecule has 0 spiro atoms. The van der Waals surface area contributed by atoms with Crippen LogP contribution in [0.25, 0.3) is 0 Å². The second-order valence-corrected chi connectivity index (χ2v) is 9.06. The minimum atomic E-state index is -0.486. The zero-order valence-electron chi connectivity index (χ0n) is 20.3. The maximum Gasteiger partial charge on any atom is 0.245 e. The van der Waals surface area contributed by atoms with E-state index >= 15 is 0 Å². The second-order valence-electron chi connectivity index (χ2n) is 8.63. The van der Waals surface area contributed by atoms with Gasteiger partial charge in [-0.25, -0.2) is 14.8 Å². The van der Waals surface area contributed by atoms with Crippen molar-refractivity contribution in [3.63, 3.8) is 0 Å². The number of nitrogens with zero attached hydrogens (tertiary/aromatic N) is 5. The first-order chi connectivity index (χ1) is 18.5. The lowest BCUT2D eigenvalue weighted by Gasteiger charge is -2.27. The van der Waals surface area contributed by atoms with Crippen molar-refractivity contribution in [2.24, 2.45) is 5.10 Å². The zero-order valence-corrected chi connectivity index (χ0v) is 21.1. The van der Waals surface area contributed by atoms with Crippen LogP contribution in [0, 0.1) is 5.82 Å². The zero-order chi connectivity index (χ0) is 26.3. The third-order valence-electron chi connectivity index (χ3n) is 5.75. The average molecular weight is 534 g/mol. The number of rotatable bonds is 8. The van der Waals surface area contributed by atoms with Gasteiger partial charge in [0.2, 0.25) is 5.95 Å². The number of nitrogens with one attached hydrogen (secondary N) is 2. The fourth-order valence-electron chi connectivity index (χ4n) is 4.02. The molecule has 0 amide bonds. The molecule has 0 saturated carbocycles. The van der Waals surface area contributed by atoms with Gasteiger partial charge in [0.25, 0.3) is 0 Å². The molecule has 11 heteroatoms. The Labute approximate surface area is 224 Å². The molecule has 2 aromatic carbocycles. The quantitative estimate of drug-likeness (QED) is 0.215. The third kappa shape index (κ3) is 6.72. The summed E-state index contributed by atoms with van der Waals surface area (Å²) in [4.78, 5) is 14.4. The van der Waals surface area contributed by atoms with Crippen molar-refractivity contribution in [3.8, 4) is 5.75 Å². The number of anilines is 4. The van der Waals surface area contributed by atoms with E-state index in [-0.39, 0.29) is 17.5 Å². The molecule has 0 unspecified atom stereocenters. The Kier molecular flexibility index (Phi) is 7.91. The molecule has 0 aliphatic carbocycles. The van der Waals surface area contributed by atoms with E-state index in [2.05, 4.69) is 30.8 Å². The summed E-state index contributed by atoms with van der Waals surface area (Å²) in [5, 5.41) is 17.8. The molecule has 0 radical (unpaired) electrons. The lowest BCUT2D eigenvalue weighted by Crippen LogP contribution is -2.37. The van der Waals surface area contributed by atoms with Crippen molar-refractivity contribution in [3.05, 3.63) is 94.7 Å². The van der Waals surface area contributed by atoms with E-state index in [1.165, 1.54) is 12.3 Å². The first kappa shape index (κ1) is 25.4. The Hall–Kier alpha value is -4.28. The van der Waals surface area contributed by atoms with Crippen LogP contribution in [0.4, 0.5) is 27.5 Å². The molecule has 194 valence electrons. The van der Waals surface area contributed by atoms with Crippen molar-refractivity contribution in [2.45, 2.75) is 6.42 Å². The third-order valence-corrected chi connectivity index (χ3v) is 5.97. The molecule has 2 aromatic heterocycles. The van der Waals surface area contributed by atoms with Crippen molar-refractivity contribution in [1.82, 2.24) is 15.0 Å². The summed E-state index contributed by atoms with van der Waals surface area (Å²) in [6.07, 6.45) is 5.00. The maximum absolute atomic E-state index is 14.2. The number of hydrogen-bond donors (Lipinski definition) is 3. The minimum absolute atomic E-state index is 0.148. The molecular formula is C27H25ClFN7O2. The summed E-state index contributed by atoms with van der Waals surface area (Å²) in [6, 6.07) is 16.7. The Balaban J connectivity index is 1.18. The molecule has 38 heavy (non-hydrogen) atoms. The molecule has 1 aliphatic rings. The van der Waals surface area contributed by atoms with Gasteiger partial charge in [-0.2, -0.15) is 10.1 Å². The highest BCUT2D eigenvalue weighted by atomic mass is 35.5. The fourth-order valence-corrected chi connectivity index (χ4v) is 4.27. The predicted molar refractivity (Wildman–Crippen MR) is 146 cm³/mol. The van der Waals surface area contributed by atoms with Gasteiger partial charge in [0.1, 0.15) is 5.75 Å². The smallest absolute Gasteiger partial charge is 0.245 e. The predicted octanol–water partition coefficient (Wildman–Crippen LogP) is 4.99. The highest BCUT2D eigenvalue weighted by molar-refractivity contribution is 6.30. The topological polar surface area (TPSA) is 108 Å². The Morgan fingerprint density at radius 2 is 1.89 bits per heavy atom. The molecule has 1 saturated heterocycles. The molecule has 4 aromatic rings. The number of phenolic OH excluding ortho intramolecular Hbond substituents is 1. The van der Waals surface area contributed by atoms with Gasteiger partial charge in [0.05, 0.1) is 43.2 Å². The molecule has 0 atom stereocenters. The van der Waals surface area contributed by atoms with Crippen LogP contribution in [0.1, 0.15) is 16.8 Å². The van der Waals surface area contributed by atoms with Crippen LogP contribution in [0.2, 0.25) is 5.02 Å². The largest absolute Gasteiger partial charge is 0.508 e. The number of aromatic hydroxyl groups is 1. The molecular weight excluding hydrogens is 509 g/mol. The Bertz CT molecular complexity index is 1410. The van der Waals surface area contributed by atoms with E-state index in [0.29, 0.717) is 43.4 Å². The van der Waals surface area contributed by atoms with E-state index in [4.69, 9.17) is 16.3 Å². The summed E-state index contributed by atoms with van der Waals surface area (Å²) in [6.45, 7) is 2.19. The highest BCUT2D eigenvalue weighted by Crippen LogP contribution is 2.24. The van der Waals surface area contributed by atoms with Gasteiger partial charge in [0, 0.05) is 23.8 Å². The van der Waals surface area contributed by atoms with Gasteiger partial charge in [-0.3, -0.25) is 4.98 Å². The van der Waals surface area contributed by atoms with E-state index in [1.807, 2.05) is 47.4 Å². The summed E-state index contributed by atoms with van der Waals surface area (Å²) < 4.78 is 19.5. The van der Waals surface area contributed by atoms with Gasteiger partial charge in [0.15, 0.2) is 11.6 Å². The normalized spacial score (nSPS) is 13.6. The molecule has 1 aliphatic heterocycles. The first-order valence-electron chi connectivity index (χ1n) is 12.0. The molecule has 9 nitrogen and oxygen atoms in total. The lowest BCUT2D eigenvalue weighted by atomic mass is 10.0. The number of aromatic nitrogens is 3. The monoisotopic (exact) mass is 533 g/mol. The summed E-state index contributed by atoms with van der Waals surface area (Å²) in [5.41, 5.74) is 7.06. The van der Waals surface area contributed by atoms with E-state index in [1.54, 1.807) is 12.3 Å². The van der Waals surface area contributed by atoms with Gasteiger partial charge >= 0.3 is 0 Å². The van der Waals surface area contributed by atoms with Crippen LogP contribution in [0.5, 0.6) is 5.75 Å². The number of hydrazone groups is 1. The standard InChI is InChI=1S/C27H25ClFN7O2/c28-20-11-19(13-24(37)14-20)10-18-2-1-3-21(12-18)33-23-5-4-22(30-15-23)16-32-35-27-31-17-25(29)26(34-27)36-6-8-38-9-7-36/h1-5,11-17,33,37H,6-10H2,(H,31,34,35)/b32-16+. The number of pyridine rings is 1. The molecule has 0 bridgehead atoms. The maximum atomic E-state index is 14.2. The van der Waals surface area contributed by atoms with Crippen molar-refractivity contribution in [1.29, 1.82) is 0 Å². The number of halogens is 2. The van der Waals surface area contributed by atoms with Crippen LogP contribution in [0.3, 0.4) is 0 Å². The van der Waals surface area contributed by atoms with Crippen LogP contribution >= 0.6 is 11.6 Å². The number of benzene rings is 2. The van der Waals surface area contributed by atoms with Crippen molar-refractivity contribution in [2.75, 3.05) is 41.9 Å². The highest BCUT2D eigenvalue weighted by Gasteiger charge is 2.17. The summed E-state index contributed by atoms with van der Waals surface area (Å²) in [7, 11) is 0. The van der Waals surface area contributed by atoms with E-state index in [9.17, 15) is 9.50 Å². The number of morpholine rings is 1.